The van der Waals surface area contributed by atoms with Crippen LogP contribution in [0.25, 0.3) is 0 Å². The molecule has 0 aromatic heterocycles. The van der Waals surface area contributed by atoms with E-state index >= 15 is 0 Å². The van der Waals surface area contributed by atoms with Gasteiger partial charge < -0.3 is 0 Å². The van der Waals surface area contributed by atoms with E-state index in [0.717, 1.165) is 52.7 Å². The Bertz CT molecular complexity index is 598. The van der Waals surface area contributed by atoms with Crippen molar-refractivity contribution in [2.75, 3.05) is 0 Å². The van der Waals surface area contributed by atoms with E-state index in [0.29, 0.717) is 5.92 Å². The Hall–Kier alpha value is -0.0100. The summed E-state index contributed by atoms with van der Waals surface area (Å²) in [6.45, 7) is 17.2. The Morgan fingerprint density at radius 2 is 1.50 bits per heavy atom. The van der Waals surface area contributed by atoms with Gasteiger partial charge in [0.05, 0.1) is 0 Å². The predicted molar refractivity (Wildman–Crippen MR) is 166 cm³/mol. The molecule has 0 radical (unpaired) electrons. The molecule has 1 heteroatoms. The van der Waals surface area contributed by atoms with Gasteiger partial charge in [-0.15, -0.1) is 20.9 Å². The molecule has 2 fully saturated rings. The van der Waals surface area contributed by atoms with Crippen LogP contribution >= 0.6 is 8.58 Å². The van der Waals surface area contributed by atoms with E-state index in [1.807, 2.05) is 0 Å². The summed E-state index contributed by atoms with van der Waals surface area (Å²) in [5.41, 5.74) is 2.04. The molecule has 9 atom stereocenters. The predicted octanol–water partition coefficient (Wildman–Crippen LogP) is 11.4. The molecule has 9 unspecified atom stereocenters. The molecule has 0 saturated heterocycles. The van der Waals surface area contributed by atoms with Gasteiger partial charge in [-0.2, -0.15) is 0 Å². The molecule has 0 nitrogen and oxygen atoms in total. The smallest absolute Gasteiger partial charge is 0.0200 e. The zero-order valence-corrected chi connectivity index (χ0v) is 26.7. The number of hydrogen-bond acceptors (Lipinski definition) is 0. The van der Waals surface area contributed by atoms with Gasteiger partial charge in [0, 0.05) is 5.92 Å². The van der Waals surface area contributed by atoms with Gasteiger partial charge in [0.1, 0.15) is 0 Å². The maximum atomic E-state index is 5.73. The monoisotopic (exact) mass is 516 g/mol. The van der Waals surface area contributed by atoms with Gasteiger partial charge in [-0.05, 0) is 97.7 Å². The summed E-state index contributed by atoms with van der Waals surface area (Å²) in [4.78, 5) is 0. The second-order valence-electron chi connectivity index (χ2n) is 13.5. The van der Waals surface area contributed by atoms with Crippen LogP contribution in [0.2, 0.25) is 0 Å². The zero-order valence-electron chi connectivity index (χ0n) is 25.7. The molecule has 0 bridgehead atoms. The lowest BCUT2D eigenvalue weighted by atomic mass is 9.68. The molecule has 0 spiro atoms. The summed E-state index contributed by atoms with van der Waals surface area (Å²) < 4.78 is 0. The Morgan fingerprint density at radius 3 is 2.03 bits per heavy atom. The molecule has 2 aliphatic rings. The van der Waals surface area contributed by atoms with Crippen LogP contribution in [0.15, 0.2) is 0 Å². The van der Waals surface area contributed by atoms with Crippen molar-refractivity contribution in [3.05, 3.63) is 0 Å². The highest BCUT2D eigenvalue weighted by Crippen LogP contribution is 2.54. The Morgan fingerprint density at radius 1 is 0.806 bits per heavy atom. The lowest BCUT2D eigenvalue weighted by Gasteiger charge is -2.45. The van der Waals surface area contributed by atoms with Gasteiger partial charge in [0.15, 0.2) is 0 Å². The van der Waals surface area contributed by atoms with Crippen LogP contribution in [0, 0.1) is 59.7 Å². The first-order valence-corrected chi connectivity index (χ1v) is 17.7. The Kier molecular flexibility index (Phi) is 15.7. The average Bonchev–Trinajstić information content (AvgIpc) is 3.28. The molecule has 0 aromatic carbocycles. The van der Waals surface area contributed by atoms with Gasteiger partial charge in [-0.1, -0.05) is 106 Å². The van der Waals surface area contributed by atoms with Crippen LogP contribution in [0.3, 0.4) is 0 Å². The molecule has 0 N–H and O–H groups in total. The molecule has 36 heavy (non-hydrogen) atoms. The first-order valence-electron chi connectivity index (χ1n) is 16.6. The van der Waals surface area contributed by atoms with Gasteiger partial charge in [0.2, 0.25) is 0 Å². The first-order chi connectivity index (χ1) is 17.4. The van der Waals surface area contributed by atoms with Crippen LogP contribution < -0.4 is 0 Å². The topological polar surface area (TPSA) is 0 Å². The molecule has 2 rings (SSSR count). The second-order valence-corrected chi connectivity index (χ2v) is 15.4. The fourth-order valence-electron chi connectivity index (χ4n) is 8.01. The highest BCUT2D eigenvalue weighted by molar-refractivity contribution is 7.39. The summed E-state index contributed by atoms with van der Waals surface area (Å²) in [6, 6.07) is 0. The van der Waals surface area contributed by atoms with E-state index in [-0.39, 0.29) is 0 Å². The molecule has 0 aliphatic heterocycles. The van der Waals surface area contributed by atoms with Crippen LogP contribution in [0.5, 0.6) is 0 Å². The highest BCUT2D eigenvalue weighted by Gasteiger charge is 2.41. The minimum Gasteiger partial charge on any atom is -0.120 e. The minimum atomic E-state index is 0.518. The average molecular weight is 517 g/mol. The van der Waals surface area contributed by atoms with Crippen LogP contribution in [-0.4, -0.2) is 11.3 Å². The van der Waals surface area contributed by atoms with E-state index in [2.05, 4.69) is 54.4 Å². The number of rotatable bonds is 19. The summed E-state index contributed by atoms with van der Waals surface area (Å²) in [6.07, 6.45) is 28.3. The standard InChI is InChI=1S/C35H65P/c1-9-16-29(11-3)19-14-17-26(6)18-15-20-30(12-4)35(28(8)10-2)36-33-24-32(25-33)34(13-5)31-22-21-27(7)23-31/h3,26-36H,9-10,12-25H2,1-2,4-8H3. The maximum Gasteiger partial charge on any atom is 0.0200 e. The number of terminal acetylenes is 1. The molecule has 210 valence electrons. The van der Waals surface area contributed by atoms with Crippen molar-refractivity contribution in [1.29, 1.82) is 0 Å². The summed E-state index contributed by atoms with van der Waals surface area (Å²) in [7, 11) is 1.23. The van der Waals surface area contributed by atoms with Gasteiger partial charge >= 0.3 is 0 Å². The molecule has 0 amide bonds. The van der Waals surface area contributed by atoms with Crippen molar-refractivity contribution in [1.82, 2.24) is 0 Å². The largest absolute Gasteiger partial charge is 0.120 e. The normalized spacial score (nSPS) is 29.4. The summed E-state index contributed by atoms with van der Waals surface area (Å²) in [5, 5.41) is 0. The van der Waals surface area contributed by atoms with Gasteiger partial charge in [0.25, 0.3) is 0 Å². The maximum absolute atomic E-state index is 5.73. The molecule has 2 saturated carbocycles. The first kappa shape index (κ1) is 32.2. The fraction of sp³-hybridized carbons (Fsp3) is 0.943. The Labute approximate surface area is 230 Å². The van der Waals surface area contributed by atoms with Crippen molar-refractivity contribution in [2.45, 2.75) is 163 Å². The van der Waals surface area contributed by atoms with E-state index in [1.54, 1.807) is 12.8 Å². The highest BCUT2D eigenvalue weighted by atomic mass is 31.1. The van der Waals surface area contributed by atoms with E-state index in [9.17, 15) is 0 Å². The van der Waals surface area contributed by atoms with E-state index in [4.69, 9.17) is 6.42 Å². The zero-order chi connectivity index (χ0) is 26.5. The van der Waals surface area contributed by atoms with Gasteiger partial charge in [-0.3, -0.25) is 0 Å². The number of hydrogen-bond donors (Lipinski definition) is 0. The minimum absolute atomic E-state index is 0.518. The molecular formula is C35H65P. The SMILES string of the molecule is C#CC(CCC)CCCC(C)CCCC(CC)C(PC1CC(C(CC)C2CCC(C)C2)C1)C(C)CC. The Balaban J connectivity index is 1.76. The summed E-state index contributed by atoms with van der Waals surface area (Å²) in [5.74, 6) is 10.4. The van der Waals surface area contributed by atoms with E-state index in [1.165, 1.54) is 98.5 Å². The molecule has 0 aromatic rings. The van der Waals surface area contributed by atoms with Crippen molar-refractivity contribution >= 4 is 8.58 Å². The van der Waals surface area contributed by atoms with Crippen molar-refractivity contribution in [2.24, 2.45) is 47.3 Å². The lowest BCUT2D eigenvalue weighted by Crippen LogP contribution is -2.37. The van der Waals surface area contributed by atoms with Crippen LogP contribution in [-0.2, 0) is 0 Å². The van der Waals surface area contributed by atoms with Crippen LogP contribution in [0.4, 0.5) is 0 Å². The van der Waals surface area contributed by atoms with Crippen molar-refractivity contribution < 1.29 is 0 Å². The quantitative estimate of drug-likeness (QED) is 0.118. The lowest BCUT2D eigenvalue weighted by molar-refractivity contribution is 0.142. The van der Waals surface area contributed by atoms with Crippen molar-refractivity contribution in [3.63, 3.8) is 0 Å². The van der Waals surface area contributed by atoms with Crippen molar-refractivity contribution in [3.8, 4) is 12.3 Å². The molecule has 2 aliphatic carbocycles. The summed E-state index contributed by atoms with van der Waals surface area (Å²) >= 11 is 0. The third-order valence-corrected chi connectivity index (χ3v) is 13.1. The molecular weight excluding hydrogens is 451 g/mol. The van der Waals surface area contributed by atoms with E-state index < -0.39 is 0 Å². The molecule has 0 heterocycles. The second kappa shape index (κ2) is 17.6. The third kappa shape index (κ3) is 10.3. The fourth-order valence-corrected chi connectivity index (χ4v) is 10.7. The van der Waals surface area contributed by atoms with Crippen LogP contribution in [0.1, 0.15) is 151 Å². The third-order valence-electron chi connectivity index (χ3n) is 10.7. The van der Waals surface area contributed by atoms with Gasteiger partial charge in [-0.25, -0.2) is 0 Å².